The van der Waals surface area contributed by atoms with Crippen molar-refractivity contribution in [1.82, 2.24) is 15.3 Å². The van der Waals surface area contributed by atoms with Gasteiger partial charge in [0.1, 0.15) is 0 Å². The highest BCUT2D eigenvalue weighted by atomic mass is 15.1. The Labute approximate surface area is 75.5 Å². The fraction of sp³-hybridized carbons (Fsp3) is 0.286. The molecular weight excluding hydrogens is 168 g/mol. The maximum Gasteiger partial charge on any atom is 0.202 e. The third kappa shape index (κ3) is 2.48. The number of aromatic nitrogens is 2. The molecule has 0 bridgehead atoms. The summed E-state index contributed by atoms with van der Waals surface area (Å²) in [4.78, 5) is 10.8. The van der Waals surface area contributed by atoms with E-state index in [1.807, 2.05) is 6.92 Å². The van der Waals surface area contributed by atoms with E-state index in [4.69, 9.17) is 11.0 Å². The molecule has 0 aromatic carbocycles. The molecule has 0 saturated heterocycles. The van der Waals surface area contributed by atoms with Gasteiger partial charge in [-0.3, -0.25) is 5.32 Å². The normalized spacial score (nSPS) is 10.9. The molecule has 1 heterocycles. The first-order valence-corrected chi connectivity index (χ1v) is 3.68. The molecule has 68 valence electrons. The Bertz CT molecular complexity index is 344. The number of nitrogens with two attached hydrogens (primary N) is 1. The molecule has 6 heteroatoms. The first kappa shape index (κ1) is 9.06. The third-order valence-corrected chi connectivity index (χ3v) is 1.52. The zero-order chi connectivity index (χ0) is 9.68. The number of aliphatic imine (C=N–C) groups is 1. The maximum atomic E-state index is 8.20. The molecule has 0 atom stereocenters. The highest BCUT2D eigenvalue weighted by molar-refractivity contribution is 5.79. The summed E-state index contributed by atoms with van der Waals surface area (Å²) in [5.41, 5.74) is 7.10. The van der Waals surface area contributed by atoms with E-state index in [1.165, 1.54) is 0 Å². The Hall–Kier alpha value is -2.03. The number of hydrogen-bond donors (Lipinski definition) is 3. The van der Waals surface area contributed by atoms with Crippen LogP contribution in [0.25, 0.3) is 0 Å². The number of guanidine groups is 1. The monoisotopic (exact) mass is 178 g/mol. The lowest BCUT2D eigenvalue weighted by Gasteiger charge is -1.95. The van der Waals surface area contributed by atoms with Crippen molar-refractivity contribution in [2.24, 2.45) is 10.7 Å². The topological polar surface area (TPSA) is 103 Å². The molecular formula is C7H10N6. The molecule has 4 N–H and O–H groups in total. The highest BCUT2D eigenvalue weighted by Crippen LogP contribution is 2.01. The molecule has 13 heavy (non-hydrogen) atoms. The molecule has 1 rings (SSSR count). The van der Waals surface area contributed by atoms with Gasteiger partial charge < -0.3 is 10.7 Å². The number of aromatic amines is 1. The predicted octanol–water partition coefficient (Wildman–Crippen LogP) is -0.397. The van der Waals surface area contributed by atoms with Crippen LogP contribution in [0, 0.1) is 18.4 Å². The number of nitrogens with zero attached hydrogens (tertiary/aromatic N) is 3. The molecule has 6 nitrogen and oxygen atoms in total. The van der Waals surface area contributed by atoms with Gasteiger partial charge in [0, 0.05) is 5.69 Å². The summed E-state index contributed by atoms with van der Waals surface area (Å²) in [5.74, 6) is 0.102. The first-order chi connectivity index (χ1) is 6.24. The van der Waals surface area contributed by atoms with Crippen LogP contribution < -0.4 is 11.1 Å². The average molecular weight is 178 g/mol. The Balaban J connectivity index is 2.57. The first-order valence-electron chi connectivity index (χ1n) is 3.68. The standard InChI is InChI=1S/C7H10N6/c1-5-6(13-4-12-5)2-10-7(9)11-3-8/h4H,2H2,1H3,(H,12,13)(H3,9,10,11). The average Bonchev–Trinajstić information content (AvgIpc) is 2.48. The van der Waals surface area contributed by atoms with E-state index in [9.17, 15) is 0 Å². The minimum Gasteiger partial charge on any atom is -0.369 e. The molecule has 0 radical (unpaired) electrons. The number of nitriles is 1. The van der Waals surface area contributed by atoms with Crippen molar-refractivity contribution in [3.8, 4) is 6.19 Å². The number of aryl methyl sites for hydroxylation is 1. The summed E-state index contributed by atoms with van der Waals surface area (Å²) >= 11 is 0. The van der Waals surface area contributed by atoms with E-state index in [-0.39, 0.29) is 5.96 Å². The maximum absolute atomic E-state index is 8.20. The van der Waals surface area contributed by atoms with Crippen LogP contribution in [0.4, 0.5) is 0 Å². The second kappa shape index (κ2) is 4.11. The van der Waals surface area contributed by atoms with Crippen molar-refractivity contribution in [3.05, 3.63) is 17.7 Å². The van der Waals surface area contributed by atoms with Crippen molar-refractivity contribution in [3.63, 3.8) is 0 Å². The molecule has 0 aliphatic heterocycles. The number of H-pyrrole nitrogens is 1. The van der Waals surface area contributed by atoms with E-state index in [2.05, 4.69) is 20.3 Å². The summed E-state index contributed by atoms with van der Waals surface area (Å²) in [6.45, 7) is 2.27. The van der Waals surface area contributed by atoms with Crippen LogP contribution in [-0.4, -0.2) is 15.9 Å². The Morgan fingerprint density at radius 1 is 1.92 bits per heavy atom. The third-order valence-electron chi connectivity index (χ3n) is 1.52. The smallest absolute Gasteiger partial charge is 0.202 e. The zero-order valence-electron chi connectivity index (χ0n) is 7.20. The highest BCUT2D eigenvalue weighted by Gasteiger charge is 1.98. The van der Waals surface area contributed by atoms with Gasteiger partial charge in [0.2, 0.25) is 5.96 Å². The van der Waals surface area contributed by atoms with Gasteiger partial charge in [-0.1, -0.05) is 0 Å². The lowest BCUT2D eigenvalue weighted by Crippen LogP contribution is -2.27. The van der Waals surface area contributed by atoms with Crippen LogP contribution in [0.1, 0.15) is 11.4 Å². The molecule has 1 aromatic heterocycles. The van der Waals surface area contributed by atoms with Gasteiger partial charge in [0.05, 0.1) is 18.6 Å². The predicted molar refractivity (Wildman–Crippen MR) is 47.4 cm³/mol. The van der Waals surface area contributed by atoms with Crippen LogP contribution in [0.5, 0.6) is 0 Å². The molecule has 0 fully saturated rings. The summed E-state index contributed by atoms with van der Waals surface area (Å²) in [7, 11) is 0. The molecule has 0 saturated carbocycles. The summed E-state index contributed by atoms with van der Waals surface area (Å²) in [6.07, 6.45) is 3.27. The minimum absolute atomic E-state index is 0.102. The molecule has 0 spiro atoms. The van der Waals surface area contributed by atoms with Crippen LogP contribution in [0.3, 0.4) is 0 Å². The van der Waals surface area contributed by atoms with Gasteiger partial charge in [-0.15, -0.1) is 0 Å². The van der Waals surface area contributed by atoms with Gasteiger partial charge in [-0.25, -0.2) is 9.98 Å². The van der Waals surface area contributed by atoms with Gasteiger partial charge in [0.15, 0.2) is 6.19 Å². The van der Waals surface area contributed by atoms with Crippen molar-refractivity contribution < 1.29 is 0 Å². The van der Waals surface area contributed by atoms with Crippen LogP contribution in [0.2, 0.25) is 0 Å². The second-order valence-electron chi connectivity index (χ2n) is 2.41. The number of rotatable bonds is 2. The fourth-order valence-corrected chi connectivity index (χ4v) is 0.803. The summed E-state index contributed by atoms with van der Waals surface area (Å²) in [5, 5.41) is 10.4. The van der Waals surface area contributed by atoms with Crippen LogP contribution in [-0.2, 0) is 6.54 Å². The van der Waals surface area contributed by atoms with Crippen molar-refractivity contribution in [2.45, 2.75) is 13.5 Å². The van der Waals surface area contributed by atoms with Crippen molar-refractivity contribution >= 4 is 5.96 Å². The molecule has 0 unspecified atom stereocenters. The molecule has 0 aliphatic rings. The van der Waals surface area contributed by atoms with E-state index in [0.717, 1.165) is 11.4 Å². The van der Waals surface area contributed by atoms with Crippen LogP contribution in [0.15, 0.2) is 11.3 Å². The number of hydrogen-bond acceptors (Lipinski definition) is 3. The van der Waals surface area contributed by atoms with Crippen LogP contribution >= 0.6 is 0 Å². The minimum atomic E-state index is 0.102. The van der Waals surface area contributed by atoms with E-state index in [1.54, 1.807) is 12.5 Å². The lowest BCUT2D eigenvalue weighted by atomic mass is 10.3. The Kier molecular flexibility index (Phi) is 2.87. The lowest BCUT2D eigenvalue weighted by molar-refractivity contribution is 0.972. The number of imidazole rings is 1. The molecule has 1 aromatic rings. The van der Waals surface area contributed by atoms with E-state index in [0.29, 0.717) is 6.54 Å². The largest absolute Gasteiger partial charge is 0.369 e. The quantitative estimate of drug-likeness (QED) is 0.248. The van der Waals surface area contributed by atoms with Crippen molar-refractivity contribution in [1.29, 1.82) is 5.26 Å². The second-order valence-corrected chi connectivity index (χ2v) is 2.41. The Morgan fingerprint density at radius 2 is 2.69 bits per heavy atom. The van der Waals surface area contributed by atoms with Crippen molar-refractivity contribution in [2.75, 3.05) is 0 Å². The van der Waals surface area contributed by atoms with Gasteiger partial charge >= 0.3 is 0 Å². The molecule has 0 aliphatic carbocycles. The van der Waals surface area contributed by atoms with E-state index < -0.39 is 0 Å². The SMILES string of the molecule is Cc1[nH]cnc1CN=C(N)NC#N. The fourth-order valence-electron chi connectivity index (χ4n) is 0.803. The van der Waals surface area contributed by atoms with E-state index >= 15 is 0 Å². The van der Waals surface area contributed by atoms with Gasteiger partial charge in [0.25, 0.3) is 0 Å². The molecule has 0 amide bonds. The Morgan fingerprint density at radius 3 is 3.23 bits per heavy atom. The van der Waals surface area contributed by atoms with Gasteiger partial charge in [-0.05, 0) is 6.92 Å². The summed E-state index contributed by atoms with van der Waals surface area (Å²) < 4.78 is 0. The number of nitrogens with one attached hydrogen (secondary N) is 2. The van der Waals surface area contributed by atoms with Gasteiger partial charge in [-0.2, -0.15) is 5.26 Å². The zero-order valence-corrected chi connectivity index (χ0v) is 7.20. The summed E-state index contributed by atoms with van der Waals surface area (Å²) in [6, 6.07) is 0.